The zero-order chi connectivity index (χ0) is 11.3. The van der Waals surface area contributed by atoms with Gasteiger partial charge in [-0.15, -0.1) is 0 Å². The molecule has 0 aromatic carbocycles. The van der Waals surface area contributed by atoms with Crippen molar-refractivity contribution in [2.45, 2.75) is 39.8 Å². The molecule has 0 aliphatic heterocycles. The number of nitrogens with two attached hydrogens (primary N) is 1. The normalized spacial score (nSPS) is 11.5. The minimum Gasteiger partial charge on any atom is -0.382 e. The lowest BCUT2D eigenvalue weighted by molar-refractivity contribution is 0.210. The molecule has 1 heterocycles. The topological polar surface area (TPSA) is 47.1 Å². The average molecular weight is 210 g/mol. The Morgan fingerprint density at radius 1 is 1.47 bits per heavy atom. The maximum absolute atomic E-state index is 5.56. The van der Waals surface area contributed by atoms with Gasteiger partial charge in [-0.2, -0.15) is 5.10 Å². The summed E-state index contributed by atoms with van der Waals surface area (Å²) in [6.45, 7) is 9.76. The average Bonchev–Trinajstić information content (AvgIpc) is 2.58. The first kappa shape index (κ1) is 12.0. The zero-order valence-electron chi connectivity index (χ0n) is 9.98. The third-order valence-corrected chi connectivity index (χ3v) is 2.52. The first-order valence-electron chi connectivity index (χ1n) is 5.66. The van der Waals surface area contributed by atoms with E-state index in [2.05, 4.69) is 30.8 Å². The Morgan fingerprint density at radius 3 is 2.67 bits per heavy atom. The first-order chi connectivity index (χ1) is 7.13. The van der Waals surface area contributed by atoms with Crippen molar-refractivity contribution in [1.29, 1.82) is 0 Å². The molecule has 1 aromatic heterocycles. The van der Waals surface area contributed by atoms with E-state index in [0.29, 0.717) is 11.9 Å². The Labute approximate surface area is 92.1 Å². The number of hydrogen-bond acceptors (Lipinski definition) is 3. The minimum atomic E-state index is 0.595. The van der Waals surface area contributed by atoms with Crippen LogP contribution in [0.3, 0.4) is 0 Å². The highest BCUT2D eigenvalue weighted by Gasteiger charge is 2.07. The van der Waals surface area contributed by atoms with Crippen LogP contribution in [0.2, 0.25) is 0 Å². The van der Waals surface area contributed by atoms with Crippen LogP contribution in [0.5, 0.6) is 0 Å². The van der Waals surface area contributed by atoms with Crippen LogP contribution >= 0.6 is 0 Å². The van der Waals surface area contributed by atoms with Gasteiger partial charge >= 0.3 is 0 Å². The van der Waals surface area contributed by atoms with Gasteiger partial charge in [-0.1, -0.05) is 6.92 Å². The van der Waals surface area contributed by atoms with E-state index in [4.69, 9.17) is 5.73 Å². The lowest BCUT2D eigenvalue weighted by Crippen LogP contribution is -2.34. The molecule has 86 valence electrons. The molecule has 0 fully saturated rings. The molecular formula is C11H22N4. The van der Waals surface area contributed by atoms with Crippen molar-refractivity contribution in [3.63, 3.8) is 0 Å². The van der Waals surface area contributed by atoms with Gasteiger partial charge in [0.1, 0.15) is 5.82 Å². The largest absolute Gasteiger partial charge is 0.382 e. The Bertz CT molecular complexity index is 280. The molecule has 0 aliphatic carbocycles. The summed E-state index contributed by atoms with van der Waals surface area (Å²) in [7, 11) is 0. The Morgan fingerprint density at radius 2 is 2.20 bits per heavy atom. The van der Waals surface area contributed by atoms with Gasteiger partial charge in [0.2, 0.25) is 0 Å². The number of aromatic nitrogens is 2. The number of anilines is 1. The third kappa shape index (κ3) is 3.91. The molecule has 4 heteroatoms. The summed E-state index contributed by atoms with van der Waals surface area (Å²) in [6, 6.07) is 2.43. The fourth-order valence-electron chi connectivity index (χ4n) is 1.65. The van der Waals surface area contributed by atoms with Crippen LogP contribution in [-0.4, -0.2) is 33.8 Å². The van der Waals surface area contributed by atoms with E-state index in [9.17, 15) is 0 Å². The van der Waals surface area contributed by atoms with Crippen LogP contribution in [0.25, 0.3) is 0 Å². The molecule has 15 heavy (non-hydrogen) atoms. The Hall–Kier alpha value is -1.03. The van der Waals surface area contributed by atoms with Crippen LogP contribution in [0, 0.1) is 0 Å². The van der Waals surface area contributed by atoms with Gasteiger partial charge in [0.15, 0.2) is 0 Å². The minimum absolute atomic E-state index is 0.595. The summed E-state index contributed by atoms with van der Waals surface area (Å²) in [6.07, 6.45) is 3.12. The lowest BCUT2D eigenvalue weighted by Gasteiger charge is -2.25. The predicted octanol–water partition coefficient (Wildman–Crippen LogP) is 1.59. The second-order valence-electron chi connectivity index (χ2n) is 4.13. The highest BCUT2D eigenvalue weighted by molar-refractivity contribution is 5.23. The van der Waals surface area contributed by atoms with E-state index in [1.54, 1.807) is 0 Å². The van der Waals surface area contributed by atoms with Gasteiger partial charge in [-0.3, -0.25) is 9.58 Å². The summed E-state index contributed by atoms with van der Waals surface area (Å²) in [5.41, 5.74) is 5.56. The maximum atomic E-state index is 5.56. The Kier molecular flexibility index (Phi) is 4.62. The summed E-state index contributed by atoms with van der Waals surface area (Å²) in [5, 5.41) is 4.17. The summed E-state index contributed by atoms with van der Waals surface area (Å²) in [4.78, 5) is 2.46. The van der Waals surface area contributed by atoms with E-state index in [1.807, 2.05) is 16.9 Å². The maximum Gasteiger partial charge on any atom is 0.145 e. The van der Waals surface area contributed by atoms with Crippen molar-refractivity contribution in [3.05, 3.63) is 12.3 Å². The van der Waals surface area contributed by atoms with E-state index in [-0.39, 0.29) is 0 Å². The van der Waals surface area contributed by atoms with E-state index in [1.165, 1.54) is 6.42 Å². The molecule has 2 N–H and O–H groups in total. The number of nitrogens with zero attached hydrogens (tertiary/aromatic N) is 3. The second kappa shape index (κ2) is 5.75. The molecule has 1 aromatic rings. The van der Waals surface area contributed by atoms with E-state index >= 15 is 0 Å². The molecule has 0 amide bonds. The molecule has 0 atom stereocenters. The predicted molar refractivity (Wildman–Crippen MR) is 63.6 cm³/mol. The van der Waals surface area contributed by atoms with Crippen molar-refractivity contribution >= 4 is 5.82 Å². The molecule has 0 aliphatic rings. The molecule has 0 saturated carbocycles. The molecular weight excluding hydrogens is 188 g/mol. The fourth-order valence-corrected chi connectivity index (χ4v) is 1.65. The van der Waals surface area contributed by atoms with Gasteiger partial charge in [0, 0.05) is 18.8 Å². The number of hydrogen-bond donors (Lipinski definition) is 1. The van der Waals surface area contributed by atoms with E-state index in [0.717, 1.165) is 19.6 Å². The molecule has 1 rings (SSSR count). The molecule has 0 unspecified atom stereocenters. The van der Waals surface area contributed by atoms with Crippen molar-refractivity contribution in [2.24, 2.45) is 0 Å². The van der Waals surface area contributed by atoms with Crippen LogP contribution in [0.4, 0.5) is 5.82 Å². The first-order valence-corrected chi connectivity index (χ1v) is 5.66. The number of rotatable bonds is 6. The number of nitrogen functional groups attached to an aromatic ring is 1. The van der Waals surface area contributed by atoms with Crippen molar-refractivity contribution < 1.29 is 0 Å². The van der Waals surface area contributed by atoms with Gasteiger partial charge in [0.25, 0.3) is 0 Å². The monoisotopic (exact) mass is 210 g/mol. The Balaban J connectivity index is 2.39. The highest BCUT2D eigenvalue weighted by Crippen LogP contribution is 2.01. The molecule has 0 spiro atoms. The summed E-state index contributed by atoms with van der Waals surface area (Å²) < 4.78 is 1.90. The van der Waals surface area contributed by atoms with Gasteiger partial charge < -0.3 is 5.73 Å². The van der Waals surface area contributed by atoms with Crippen molar-refractivity contribution in [1.82, 2.24) is 14.7 Å². The van der Waals surface area contributed by atoms with Crippen molar-refractivity contribution in [2.75, 3.05) is 18.8 Å². The third-order valence-electron chi connectivity index (χ3n) is 2.52. The van der Waals surface area contributed by atoms with Crippen LogP contribution in [-0.2, 0) is 6.54 Å². The standard InChI is InChI=1S/C11H22N4/c1-4-6-14(10(2)3)8-9-15-7-5-11(12)13-15/h5,7,10H,4,6,8-9H2,1-3H3,(H2,12,13). The van der Waals surface area contributed by atoms with Gasteiger partial charge in [-0.05, 0) is 32.9 Å². The second-order valence-corrected chi connectivity index (χ2v) is 4.13. The fraction of sp³-hybridized carbons (Fsp3) is 0.727. The van der Waals surface area contributed by atoms with Gasteiger partial charge in [0.05, 0.1) is 6.54 Å². The highest BCUT2D eigenvalue weighted by atomic mass is 15.3. The summed E-state index contributed by atoms with van der Waals surface area (Å²) >= 11 is 0. The van der Waals surface area contributed by atoms with Crippen LogP contribution in [0.1, 0.15) is 27.2 Å². The van der Waals surface area contributed by atoms with Crippen molar-refractivity contribution in [3.8, 4) is 0 Å². The van der Waals surface area contributed by atoms with Crippen LogP contribution < -0.4 is 5.73 Å². The molecule has 0 radical (unpaired) electrons. The zero-order valence-corrected chi connectivity index (χ0v) is 9.98. The SMILES string of the molecule is CCCN(CCn1ccc(N)n1)C(C)C. The summed E-state index contributed by atoms with van der Waals surface area (Å²) in [5.74, 6) is 0.599. The molecule has 0 bridgehead atoms. The smallest absolute Gasteiger partial charge is 0.145 e. The molecule has 0 saturated heterocycles. The lowest BCUT2D eigenvalue weighted by atomic mass is 10.3. The quantitative estimate of drug-likeness (QED) is 0.775. The van der Waals surface area contributed by atoms with Crippen LogP contribution in [0.15, 0.2) is 12.3 Å². The molecule has 4 nitrogen and oxygen atoms in total. The van der Waals surface area contributed by atoms with E-state index < -0.39 is 0 Å². The van der Waals surface area contributed by atoms with Gasteiger partial charge in [-0.25, -0.2) is 0 Å².